The maximum atomic E-state index is 12.4. The summed E-state index contributed by atoms with van der Waals surface area (Å²) in [4.78, 5) is 23.8. The van der Waals surface area contributed by atoms with E-state index in [1.54, 1.807) is 31.2 Å². The van der Waals surface area contributed by atoms with E-state index in [2.05, 4.69) is 14.8 Å². The van der Waals surface area contributed by atoms with Crippen LogP contribution < -0.4 is 10.0 Å². The van der Waals surface area contributed by atoms with Crippen LogP contribution in [0.15, 0.2) is 48.5 Å². The van der Waals surface area contributed by atoms with Gasteiger partial charge in [0.25, 0.3) is 5.91 Å². The predicted molar refractivity (Wildman–Crippen MR) is 98.6 cm³/mol. The maximum Gasteiger partial charge on any atom is 0.337 e. The third-order valence-corrected chi connectivity index (χ3v) is 4.21. The highest BCUT2D eigenvalue weighted by Gasteiger charge is 2.13. The monoisotopic (exact) mass is 376 g/mol. The summed E-state index contributed by atoms with van der Waals surface area (Å²) in [5.74, 6) is -0.782. The predicted octanol–water partition coefficient (Wildman–Crippen LogP) is 2.34. The van der Waals surface area contributed by atoms with Crippen molar-refractivity contribution >= 4 is 27.6 Å². The van der Waals surface area contributed by atoms with Crippen LogP contribution in [0.4, 0.5) is 5.69 Å². The molecule has 1 amide bonds. The molecule has 2 rings (SSSR count). The molecule has 0 fully saturated rings. The Morgan fingerprint density at radius 3 is 2.23 bits per heavy atom. The van der Waals surface area contributed by atoms with E-state index in [0.29, 0.717) is 16.8 Å². The molecule has 138 valence electrons. The topological polar surface area (TPSA) is 102 Å². The molecule has 2 aromatic rings. The highest BCUT2D eigenvalue weighted by atomic mass is 32.2. The van der Waals surface area contributed by atoms with Crippen LogP contribution in [0.2, 0.25) is 0 Å². The molecule has 0 aliphatic heterocycles. The van der Waals surface area contributed by atoms with Gasteiger partial charge in [-0.15, -0.1) is 0 Å². The van der Waals surface area contributed by atoms with Crippen LogP contribution >= 0.6 is 0 Å². The molecule has 0 aromatic heterocycles. The fraction of sp³-hybridized carbons (Fsp3) is 0.222. The van der Waals surface area contributed by atoms with Gasteiger partial charge in [0.05, 0.1) is 25.0 Å². The molecule has 0 radical (unpaired) electrons. The first-order chi connectivity index (χ1) is 12.2. The Morgan fingerprint density at radius 2 is 1.65 bits per heavy atom. The van der Waals surface area contributed by atoms with Gasteiger partial charge in [0.15, 0.2) is 0 Å². The molecule has 1 unspecified atom stereocenters. The van der Waals surface area contributed by atoms with Crippen LogP contribution in [-0.2, 0) is 14.8 Å². The van der Waals surface area contributed by atoms with E-state index in [1.165, 1.54) is 31.4 Å². The molecule has 0 aliphatic carbocycles. The summed E-state index contributed by atoms with van der Waals surface area (Å²) < 4.78 is 29.7. The third kappa shape index (κ3) is 5.32. The van der Waals surface area contributed by atoms with Crippen LogP contribution in [0.1, 0.15) is 39.2 Å². The lowest BCUT2D eigenvalue weighted by molar-refractivity contribution is 0.0600. The van der Waals surface area contributed by atoms with Gasteiger partial charge in [-0.3, -0.25) is 9.52 Å². The lowest BCUT2D eigenvalue weighted by atomic mass is 10.1. The zero-order valence-corrected chi connectivity index (χ0v) is 15.5. The number of anilines is 1. The minimum absolute atomic E-state index is 0.310. The molecule has 0 aliphatic rings. The van der Waals surface area contributed by atoms with Gasteiger partial charge in [0, 0.05) is 11.3 Å². The number of hydrogen-bond acceptors (Lipinski definition) is 5. The van der Waals surface area contributed by atoms with Crippen LogP contribution in [0.25, 0.3) is 0 Å². The Morgan fingerprint density at radius 1 is 1.04 bits per heavy atom. The summed E-state index contributed by atoms with van der Waals surface area (Å²) in [5, 5.41) is 2.83. The molecule has 26 heavy (non-hydrogen) atoms. The van der Waals surface area contributed by atoms with Crippen molar-refractivity contribution in [3.8, 4) is 0 Å². The number of sulfonamides is 1. The average Bonchev–Trinajstić information content (AvgIpc) is 2.59. The normalized spacial score (nSPS) is 12.1. The van der Waals surface area contributed by atoms with Crippen molar-refractivity contribution in [3.05, 3.63) is 65.2 Å². The van der Waals surface area contributed by atoms with E-state index in [-0.39, 0.29) is 11.9 Å². The van der Waals surface area contributed by atoms with Crippen LogP contribution in [0.5, 0.6) is 0 Å². The second-order valence-electron chi connectivity index (χ2n) is 5.76. The highest BCUT2D eigenvalue weighted by Crippen LogP contribution is 2.19. The number of amides is 1. The summed E-state index contributed by atoms with van der Waals surface area (Å²) in [6.07, 6.45) is 1.07. The zero-order valence-electron chi connectivity index (χ0n) is 14.6. The standard InChI is InChI=1S/C18H20N2O5S/c1-12(15-5-4-6-16(11-15)20-26(3,23)24)19-17(21)13-7-9-14(10-8-13)18(22)25-2/h4-12,20H,1-3H3,(H,19,21). The Bertz CT molecular complexity index is 907. The number of carbonyl (C=O) groups excluding carboxylic acids is 2. The van der Waals surface area contributed by atoms with Gasteiger partial charge < -0.3 is 10.1 Å². The molecule has 0 saturated carbocycles. The number of nitrogens with one attached hydrogen (secondary N) is 2. The van der Waals surface area contributed by atoms with Crippen LogP contribution in [-0.4, -0.2) is 33.7 Å². The number of rotatable bonds is 6. The molecule has 0 spiro atoms. The average molecular weight is 376 g/mol. The quantitative estimate of drug-likeness (QED) is 0.754. The molecule has 0 saturated heterocycles. The third-order valence-electron chi connectivity index (χ3n) is 3.61. The van der Waals surface area contributed by atoms with E-state index in [9.17, 15) is 18.0 Å². The van der Waals surface area contributed by atoms with E-state index in [4.69, 9.17) is 0 Å². The molecule has 2 N–H and O–H groups in total. The second-order valence-corrected chi connectivity index (χ2v) is 7.51. The second kappa shape index (κ2) is 8.01. The molecule has 7 nitrogen and oxygen atoms in total. The van der Waals surface area contributed by atoms with E-state index >= 15 is 0 Å². The molecule has 0 heterocycles. The minimum atomic E-state index is -3.37. The van der Waals surface area contributed by atoms with Crippen molar-refractivity contribution in [1.29, 1.82) is 0 Å². The summed E-state index contributed by atoms with van der Waals surface area (Å²) in [5.41, 5.74) is 1.93. The van der Waals surface area contributed by atoms with E-state index < -0.39 is 16.0 Å². The van der Waals surface area contributed by atoms with E-state index in [0.717, 1.165) is 11.8 Å². The summed E-state index contributed by atoms with van der Waals surface area (Å²) in [7, 11) is -2.09. The largest absolute Gasteiger partial charge is 0.465 e. The van der Waals surface area contributed by atoms with Crippen LogP contribution in [0, 0.1) is 0 Å². The van der Waals surface area contributed by atoms with Gasteiger partial charge in [-0.1, -0.05) is 12.1 Å². The Hall–Kier alpha value is -2.87. The molecular formula is C18H20N2O5S. The maximum absolute atomic E-state index is 12.4. The van der Waals surface area contributed by atoms with Gasteiger partial charge in [-0.2, -0.15) is 0 Å². The summed E-state index contributed by atoms with van der Waals surface area (Å²) in [6.45, 7) is 1.79. The van der Waals surface area contributed by atoms with Crippen molar-refractivity contribution < 1.29 is 22.7 Å². The molecule has 2 aromatic carbocycles. The Balaban J connectivity index is 2.09. The lowest BCUT2D eigenvalue weighted by Crippen LogP contribution is -2.26. The van der Waals surface area contributed by atoms with Gasteiger partial charge in [-0.25, -0.2) is 13.2 Å². The van der Waals surface area contributed by atoms with E-state index in [1.807, 2.05) is 0 Å². The first kappa shape index (κ1) is 19.5. The number of ether oxygens (including phenoxy) is 1. The van der Waals surface area contributed by atoms with Gasteiger partial charge in [0.1, 0.15) is 0 Å². The lowest BCUT2D eigenvalue weighted by Gasteiger charge is -2.16. The fourth-order valence-electron chi connectivity index (χ4n) is 2.32. The van der Waals surface area contributed by atoms with Crippen molar-refractivity contribution in [2.45, 2.75) is 13.0 Å². The first-order valence-electron chi connectivity index (χ1n) is 7.76. The minimum Gasteiger partial charge on any atom is -0.465 e. The number of benzene rings is 2. The van der Waals surface area contributed by atoms with Gasteiger partial charge >= 0.3 is 5.97 Å². The first-order valence-corrected chi connectivity index (χ1v) is 9.66. The van der Waals surface area contributed by atoms with Gasteiger partial charge in [0.2, 0.25) is 10.0 Å². The molecule has 1 atom stereocenters. The number of carbonyl (C=O) groups is 2. The SMILES string of the molecule is COC(=O)c1ccc(C(=O)NC(C)c2cccc(NS(C)(=O)=O)c2)cc1. The number of methoxy groups -OCH3 is 1. The van der Waals surface area contributed by atoms with Crippen molar-refractivity contribution in [3.63, 3.8) is 0 Å². The highest BCUT2D eigenvalue weighted by molar-refractivity contribution is 7.92. The van der Waals surface area contributed by atoms with Crippen molar-refractivity contribution in [1.82, 2.24) is 5.32 Å². The molecule has 0 bridgehead atoms. The number of esters is 1. The summed E-state index contributed by atoms with van der Waals surface area (Å²) in [6, 6.07) is 12.5. The smallest absolute Gasteiger partial charge is 0.337 e. The van der Waals surface area contributed by atoms with Crippen molar-refractivity contribution in [2.75, 3.05) is 18.1 Å². The van der Waals surface area contributed by atoms with Crippen LogP contribution in [0.3, 0.4) is 0 Å². The zero-order chi connectivity index (χ0) is 19.3. The molecule has 8 heteroatoms. The van der Waals surface area contributed by atoms with Crippen molar-refractivity contribution in [2.24, 2.45) is 0 Å². The summed E-state index contributed by atoms with van der Waals surface area (Å²) >= 11 is 0. The Kier molecular flexibility index (Phi) is 5.99. The molecular weight excluding hydrogens is 356 g/mol. The fourth-order valence-corrected chi connectivity index (χ4v) is 2.88. The van der Waals surface area contributed by atoms with Gasteiger partial charge in [-0.05, 0) is 48.9 Å². The number of hydrogen-bond donors (Lipinski definition) is 2. The Labute approximate surface area is 152 Å².